The quantitative estimate of drug-likeness (QED) is 0.765. The fourth-order valence-electron chi connectivity index (χ4n) is 1.55. The predicted molar refractivity (Wildman–Crippen MR) is 60.9 cm³/mol. The Bertz CT molecular complexity index is 615. The van der Waals surface area contributed by atoms with Gasteiger partial charge in [-0.1, -0.05) is 6.07 Å². The fraction of sp³-hybridized carbons (Fsp3) is 0. The molecule has 0 aliphatic carbocycles. The number of nitrogens with two attached hydrogens (primary N) is 1. The summed E-state index contributed by atoms with van der Waals surface area (Å²) in [5.41, 5.74) is 6.74. The van der Waals surface area contributed by atoms with Crippen LogP contribution in [0.15, 0.2) is 36.4 Å². The minimum atomic E-state index is -0.532. The Hall–Kier alpha value is -2.41. The summed E-state index contributed by atoms with van der Waals surface area (Å²) >= 11 is 0. The summed E-state index contributed by atoms with van der Waals surface area (Å²) in [6, 6.07) is 9.57. The molecule has 0 aliphatic rings. The van der Waals surface area contributed by atoms with Crippen LogP contribution in [0.25, 0.3) is 11.1 Å². The molecule has 0 heterocycles. The van der Waals surface area contributed by atoms with Gasteiger partial charge in [0.1, 0.15) is 17.7 Å². The number of halogens is 2. The van der Waals surface area contributed by atoms with Gasteiger partial charge in [-0.2, -0.15) is 5.26 Å². The summed E-state index contributed by atoms with van der Waals surface area (Å²) in [5, 5.41) is 8.71. The zero-order valence-corrected chi connectivity index (χ0v) is 8.74. The molecular weight excluding hydrogens is 222 g/mol. The standard InChI is InChI=1S/C13H8F2N2/c14-10-3-4-12(15)11(6-10)8-1-2-9(7-16)13(17)5-8/h1-6H,17H2. The Labute approximate surface area is 96.9 Å². The molecule has 0 unspecified atom stereocenters. The van der Waals surface area contributed by atoms with E-state index < -0.39 is 11.6 Å². The molecule has 4 heteroatoms. The topological polar surface area (TPSA) is 49.8 Å². The molecule has 0 aromatic heterocycles. The maximum atomic E-state index is 13.5. The normalized spacial score (nSPS) is 9.94. The van der Waals surface area contributed by atoms with Crippen molar-refractivity contribution < 1.29 is 8.78 Å². The monoisotopic (exact) mass is 230 g/mol. The van der Waals surface area contributed by atoms with Crippen LogP contribution in [0.1, 0.15) is 5.56 Å². The second-order valence-corrected chi connectivity index (χ2v) is 3.54. The lowest BCUT2D eigenvalue weighted by molar-refractivity contribution is 0.603. The summed E-state index contributed by atoms with van der Waals surface area (Å²) < 4.78 is 26.5. The van der Waals surface area contributed by atoms with Crippen LogP contribution in [0.2, 0.25) is 0 Å². The molecule has 2 N–H and O–H groups in total. The third-order valence-electron chi connectivity index (χ3n) is 2.41. The van der Waals surface area contributed by atoms with Crippen molar-refractivity contribution in [3.05, 3.63) is 53.6 Å². The van der Waals surface area contributed by atoms with Crippen LogP contribution in [-0.4, -0.2) is 0 Å². The smallest absolute Gasteiger partial charge is 0.131 e. The molecule has 0 saturated carbocycles. The van der Waals surface area contributed by atoms with Gasteiger partial charge in [-0.3, -0.25) is 0 Å². The first-order chi connectivity index (χ1) is 8.11. The molecule has 2 aromatic carbocycles. The van der Waals surface area contributed by atoms with E-state index in [0.717, 1.165) is 18.2 Å². The number of benzene rings is 2. The number of hydrogen-bond acceptors (Lipinski definition) is 2. The lowest BCUT2D eigenvalue weighted by Gasteiger charge is -2.05. The highest BCUT2D eigenvalue weighted by Crippen LogP contribution is 2.26. The van der Waals surface area contributed by atoms with Crippen LogP contribution >= 0.6 is 0 Å². The van der Waals surface area contributed by atoms with Gasteiger partial charge in [0.05, 0.1) is 11.3 Å². The summed E-state index contributed by atoms with van der Waals surface area (Å²) in [4.78, 5) is 0. The van der Waals surface area contributed by atoms with E-state index in [1.165, 1.54) is 18.2 Å². The average molecular weight is 230 g/mol. The molecule has 2 aromatic rings. The van der Waals surface area contributed by atoms with Gasteiger partial charge in [0, 0.05) is 5.56 Å². The fourth-order valence-corrected chi connectivity index (χ4v) is 1.55. The molecule has 0 bridgehead atoms. The van der Waals surface area contributed by atoms with Gasteiger partial charge in [0.15, 0.2) is 0 Å². The van der Waals surface area contributed by atoms with Gasteiger partial charge in [-0.25, -0.2) is 8.78 Å². The Morgan fingerprint density at radius 2 is 1.82 bits per heavy atom. The number of rotatable bonds is 1. The maximum Gasteiger partial charge on any atom is 0.131 e. The molecule has 17 heavy (non-hydrogen) atoms. The molecule has 2 nitrogen and oxygen atoms in total. The van der Waals surface area contributed by atoms with E-state index in [2.05, 4.69) is 0 Å². The number of nitrogen functional groups attached to an aromatic ring is 1. The molecule has 2 rings (SSSR count). The lowest BCUT2D eigenvalue weighted by Crippen LogP contribution is -1.92. The molecule has 0 amide bonds. The van der Waals surface area contributed by atoms with Crippen LogP contribution in [0, 0.1) is 23.0 Å². The predicted octanol–water partition coefficient (Wildman–Crippen LogP) is 3.09. The second-order valence-electron chi connectivity index (χ2n) is 3.54. The van der Waals surface area contributed by atoms with Crippen molar-refractivity contribution in [1.82, 2.24) is 0 Å². The first-order valence-corrected chi connectivity index (χ1v) is 4.87. The molecule has 0 radical (unpaired) electrons. The average Bonchev–Trinajstić information content (AvgIpc) is 2.32. The second kappa shape index (κ2) is 4.22. The zero-order chi connectivity index (χ0) is 12.4. The van der Waals surface area contributed by atoms with Gasteiger partial charge in [0.25, 0.3) is 0 Å². The van der Waals surface area contributed by atoms with E-state index >= 15 is 0 Å². The Balaban J connectivity index is 2.58. The molecule has 0 spiro atoms. The third kappa shape index (κ3) is 2.08. The maximum absolute atomic E-state index is 13.5. The van der Waals surface area contributed by atoms with E-state index in [9.17, 15) is 8.78 Å². The van der Waals surface area contributed by atoms with E-state index in [1.807, 2.05) is 6.07 Å². The van der Waals surface area contributed by atoms with Crippen molar-refractivity contribution in [3.8, 4) is 17.2 Å². The number of nitrogens with zero attached hydrogens (tertiary/aromatic N) is 1. The summed E-state index contributed by atoms with van der Waals surface area (Å²) in [7, 11) is 0. The highest BCUT2D eigenvalue weighted by Gasteiger charge is 2.08. The lowest BCUT2D eigenvalue weighted by atomic mass is 10.0. The summed E-state index contributed by atoms with van der Waals surface area (Å²) in [6.45, 7) is 0. The minimum absolute atomic E-state index is 0.126. The van der Waals surface area contributed by atoms with E-state index in [0.29, 0.717) is 11.1 Å². The number of hydrogen-bond donors (Lipinski definition) is 1. The van der Waals surface area contributed by atoms with Crippen molar-refractivity contribution in [2.75, 3.05) is 5.73 Å². The Morgan fingerprint density at radius 3 is 2.47 bits per heavy atom. The van der Waals surface area contributed by atoms with E-state index in [1.54, 1.807) is 0 Å². The van der Waals surface area contributed by atoms with Gasteiger partial charge in [-0.05, 0) is 35.9 Å². The largest absolute Gasteiger partial charge is 0.398 e. The molecule has 0 fully saturated rings. The molecule has 0 atom stereocenters. The van der Waals surface area contributed by atoms with Crippen molar-refractivity contribution in [3.63, 3.8) is 0 Å². The Morgan fingerprint density at radius 1 is 1.06 bits per heavy atom. The highest BCUT2D eigenvalue weighted by atomic mass is 19.1. The van der Waals surface area contributed by atoms with Crippen LogP contribution in [-0.2, 0) is 0 Å². The van der Waals surface area contributed by atoms with Crippen molar-refractivity contribution in [1.29, 1.82) is 5.26 Å². The van der Waals surface area contributed by atoms with Gasteiger partial charge in [0.2, 0.25) is 0 Å². The first kappa shape index (κ1) is 11.1. The van der Waals surface area contributed by atoms with Crippen molar-refractivity contribution >= 4 is 5.69 Å². The molecule has 0 aliphatic heterocycles. The minimum Gasteiger partial charge on any atom is -0.398 e. The van der Waals surface area contributed by atoms with Crippen LogP contribution in [0.3, 0.4) is 0 Å². The Kier molecular flexibility index (Phi) is 2.75. The van der Waals surface area contributed by atoms with E-state index in [4.69, 9.17) is 11.0 Å². The number of nitriles is 1. The summed E-state index contributed by atoms with van der Waals surface area (Å²) in [6.07, 6.45) is 0. The third-order valence-corrected chi connectivity index (χ3v) is 2.41. The van der Waals surface area contributed by atoms with E-state index in [-0.39, 0.29) is 11.3 Å². The summed E-state index contributed by atoms with van der Waals surface area (Å²) in [5.74, 6) is -1.06. The highest BCUT2D eigenvalue weighted by molar-refractivity contribution is 5.71. The van der Waals surface area contributed by atoms with Crippen LogP contribution < -0.4 is 5.73 Å². The zero-order valence-electron chi connectivity index (χ0n) is 8.74. The van der Waals surface area contributed by atoms with Crippen LogP contribution in [0.4, 0.5) is 14.5 Å². The molecule has 84 valence electrons. The van der Waals surface area contributed by atoms with Crippen LogP contribution in [0.5, 0.6) is 0 Å². The SMILES string of the molecule is N#Cc1ccc(-c2cc(F)ccc2F)cc1N. The molecule has 0 saturated heterocycles. The van der Waals surface area contributed by atoms with Crippen molar-refractivity contribution in [2.24, 2.45) is 0 Å². The van der Waals surface area contributed by atoms with Crippen molar-refractivity contribution in [2.45, 2.75) is 0 Å². The first-order valence-electron chi connectivity index (χ1n) is 4.87. The number of anilines is 1. The molecular formula is C13H8F2N2. The van der Waals surface area contributed by atoms with Gasteiger partial charge < -0.3 is 5.73 Å². The van der Waals surface area contributed by atoms with Gasteiger partial charge in [-0.15, -0.1) is 0 Å². The van der Waals surface area contributed by atoms with Gasteiger partial charge >= 0.3 is 0 Å².